The average molecular weight is 1200 g/mol. The summed E-state index contributed by atoms with van der Waals surface area (Å²) in [5.74, 6) is -7.84. The highest BCUT2D eigenvalue weighted by atomic mass is 16.8. The van der Waals surface area contributed by atoms with Crippen molar-refractivity contribution >= 4 is 23.7 Å². The molecule has 0 aromatic carbocycles. The van der Waals surface area contributed by atoms with Gasteiger partial charge in [-0.05, 0) is 0 Å². The van der Waals surface area contributed by atoms with Gasteiger partial charge in [-0.1, -0.05) is 0 Å². The molecule has 474 valence electrons. The van der Waals surface area contributed by atoms with Crippen molar-refractivity contribution < 1.29 is 168 Å². The predicted octanol–water partition coefficient (Wildman–Crippen LogP) is -14.5. The Labute approximate surface area is 463 Å². The number of aliphatic hydroxyl groups is 18. The molecular formula is C45H75N3O34. The summed E-state index contributed by atoms with van der Waals surface area (Å²) in [6.45, 7) is -3.53. The highest BCUT2D eigenvalue weighted by molar-refractivity contribution is 5.77. The number of carboxylic acid groups (broad SMARTS) is 1. The summed E-state index contributed by atoms with van der Waals surface area (Å²) in [5.41, 5.74) is 0. The van der Waals surface area contributed by atoms with Crippen LogP contribution in [0.4, 0.5) is 0 Å². The summed E-state index contributed by atoms with van der Waals surface area (Å²) in [7, 11) is 0. The first-order chi connectivity index (χ1) is 38.6. The molecule has 0 aromatic heterocycles. The quantitative estimate of drug-likeness (QED) is 0.0479. The van der Waals surface area contributed by atoms with Gasteiger partial charge in [-0.2, -0.15) is 0 Å². The summed E-state index contributed by atoms with van der Waals surface area (Å²) in [4.78, 5) is 49.8. The molecule has 37 heteroatoms. The van der Waals surface area contributed by atoms with Crippen molar-refractivity contribution in [2.24, 2.45) is 0 Å². The van der Waals surface area contributed by atoms with Gasteiger partial charge >= 0.3 is 5.97 Å². The van der Waals surface area contributed by atoms with Crippen LogP contribution in [-0.2, 0) is 71.3 Å². The van der Waals surface area contributed by atoms with Crippen molar-refractivity contribution in [3.63, 3.8) is 0 Å². The number of nitrogens with one attached hydrogen (secondary N) is 3. The van der Waals surface area contributed by atoms with Gasteiger partial charge in [0.25, 0.3) is 5.79 Å². The minimum atomic E-state index is -3.22. The number of ether oxygens (including phenoxy) is 11. The van der Waals surface area contributed by atoms with Crippen molar-refractivity contribution in [1.29, 1.82) is 0 Å². The number of carboxylic acids is 1. The highest BCUT2D eigenvalue weighted by Gasteiger charge is 2.62. The van der Waals surface area contributed by atoms with Gasteiger partial charge in [-0.15, -0.1) is 0 Å². The second kappa shape index (κ2) is 28.9. The van der Waals surface area contributed by atoms with Gasteiger partial charge in [0.05, 0.1) is 51.8 Å². The maximum atomic E-state index is 13.0. The van der Waals surface area contributed by atoms with Crippen molar-refractivity contribution in [3.05, 3.63) is 0 Å². The van der Waals surface area contributed by atoms with Crippen molar-refractivity contribution in [2.45, 2.75) is 217 Å². The molecule has 22 N–H and O–H groups in total. The second-order valence-corrected chi connectivity index (χ2v) is 20.4. The van der Waals surface area contributed by atoms with Crippen LogP contribution in [-0.4, -0.2) is 350 Å². The first kappa shape index (κ1) is 67.8. The molecule has 6 fully saturated rings. The number of hydrogen-bond donors (Lipinski definition) is 22. The number of rotatable bonds is 22. The van der Waals surface area contributed by atoms with Crippen LogP contribution in [0, 0.1) is 0 Å². The molecule has 0 aliphatic carbocycles. The van der Waals surface area contributed by atoms with E-state index >= 15 is 0 Å². The van der Waals surface area contributed by atoms with Crippen molar-refractivity contribution in [2.75, 3.05) is 39.6 Å². The third-order valence-corrected chi connectivity index (χ3v) is 14.6. The third kappa shape index (κ3) is 14.6. The monoisotopic (exact) mass is 1200 g/mol. The van der Waals surface area contributed by atoms with Crippen LogP contribution in [0.1, 0.15) is 27.2 Å². The van der Waals surface area contributed by atoms with Crippen molar-refractivity contribution in [1.82, 2.24) is 16.0 Å². The van der Waals surface area contributed by atoms with Crippen LogP contribution in [0.5, 0.6) is 0 Å². The summed E-state index contributed by atoms with van der Waals surface area (Å²) < 4.78 is 63.1. The number of amides is 3. The van der Waals surface area contributed by atoms with Gasteiger partial charge < -0.3 is 165 Å². The molecule has 6 rings (SSSR count). The van der Waals surface area contributed by atoms with E-state index in [0.717, 1.165) is 20.8 Å². The van der Waals surface area contributed by atoms with Gasteiger partial charge in [-0.3, -0.25) is 14.4 Å². The molecule has 6 aliphatic rings. The topological polar surface area (TPSA) is 590 Å². The van der Waals surface area contributed by atoms with Gasteiger partial charge in [0.2, 0.25) is 17.7 Å². The lowest BCUT2D eigenvalue weighted by Crippen LogP contribution is -2.71. The molecule has 82 heavy (non-hydrogen) atoms. The summed E-state index contributed by atoms with van der Waals surface area (Å²) in [5, 5.41) is 213. The van der Waals surface area contributed by atoms with Crippen molar-refractivity contribution in [3.8, 4) is 0 Å². The van der Waals surface area contributed by atoms with Crippen LogP contribution in [0.25, 0.3) is 0 Å². The maximum Gasteiger partial charge on any atom is 0.364 e. The molecule has 0 spiro atoms. The molecule has 6 heterocycles. The number of carbonyl (C=O) groups excluding carboxylic acids is 3. The molecule has 3 amide bonds. The van der Waals surface area contributed by atoms with E-state index in [4.69, 9.17) is 52.1 Å². The average Bonchev–Trinajstić information content (AvgIpc) is 3.52. The zero-order chi connectivity index (χ0) is 61.0. The molecule has 6 aliphatic heterocycles. The van der Waals surface area contributed by atoms with E-state index in [1.165, 1.54) is 0 Å². The fraction of sp³-hybridized carbons (Fsp3) is 0.911. The molecule has 0 radical (unpaired) electrons. The first-order valence-corrected chi connectivity index (χ1v) is 25.7. The van der Waals surface area contributed by atoms with E-state index in [-0.39, 0.29) is 0 Å². The Morgan fingerprint density at radius 1 is 0.476 bits per heavy atom. The van der Waals surface area contributed by atoms with E-state index < -0.39 is 259 Å². The molecular weight excluding hydrogens is 1130 g/mol. The minimum Gasteiger partial charge on any atom is -0.477 e. The van der Waals surface area contributed by atoms with Gasteiger partial charge in [0.15, 0.2) is 31.5 Å². The van der Waals surface area contributed by atoms with E-state index in [1.807, 2.05) is 0 Å². The standard InChI is InChI=1S/C45H75N3O34/c1-11(55)46-21-14(58)4-45(44(70)71,81-35(21)24(60)15(59)5-49)82-37-27(63)18(8-52)74-42(32(37)68)78-34-20(10-54)76-40(23(29(34)65)48-13(3)57)80-38-30(66)25(61)16(6-50)75-43(38)79-36-26(62)17(7-51)73-41(31(36)67)77-33-19(9-53)72-39(69)22(28(33)64)47-12(2)56/h14-43,49-54,58-69H,4-10H2,1-3H3,(H,46,55)(H,47,56)(H,48,57)(H,70,71)/t14-,15+,16+,17+,18+,19+,20+,21+,22+,23+,24+,25+,26+,27-,28+,29+,30-,31-,32+,33+,34+,35+,36-,37-,38-,39?,40-,41-,42-,43+,45-/m0/s1. The second-order valence-electron chi connectivity index (χ2n) is 20.4. The van der Waals surface area contributed by atoms with Crippen LogP contribution in [0.2, 0.25) is 0 Å². The van der Waals surface area contributed by atoms with Crippen LogP contribution in [0.3, 0.4) is 0 Å². The molecule has 31 atom stereocenters. The largest absolute Gasteiger partial charge is 0.477 e. The molecule has 0 saturated carbocycles. The van der Waals surface area contributed by atoms with Crippen LogP contribution < -0.4 is 16.0 Å². The van der Waals surface area contributed by atoms with Gasteiger partial charge in [0.1, 0.15) is 140 Å². The molecule has 0 bridgehead atoms. The zero-order valence-electron chi connectivity index (χ0n) is 43.9. The van der Waals surface area contributed by atoms with E-state index in [2.05, 4.69) is 16.0 Å². The lowest BCUT2D eigenvalue weighted by molar-refractivity contribution is -0.397. The Kier molecular flexibility index (Phi) is 23.9. The van der Waals surface area contributed by atoms with Crippen LogP contribution >= 0.6 is 0 Å². The maximum absolute atomic E-state index is 13.0. The van der Waals surface area contributed by atoms with Gasteiger partial charge in [-0.25, -0.2) is 4.79 Å². The Morgan fingerprint density at radius 2 is 0.890 bits per heavy atom. The summed E-state index contributed by atoms with van der Waals surface area (Å²) >= 11 is 0. The Hall–Kier alpha value is -3.28. The summed E-state index contributed by atoms with van der Waals surface area (Å²) in [6, 6.07) is -5.20. The van der Waals surface area contributed by atoms with Crippen LogP contribution in [0.15, 0.2) is 0 Å². The Balaban J connectivity index is 1.26. The minimum absolute atomic E-state index is 0.743. The zero-order valence-corrected chi connectivity index (χ0v) is 43.9. The third-order valence-electron chi connectivity index (χ3n) is 14.6. The van der Waals surface area contributed by atoms with E-state index in [1.54, 1.807) is 0 Å². The molecule has 37 nitrogen and oxygen atoms in total. The van der Waals surface area contributed by atoms with Gasteiger partial charge in [0, 0.05) is 27.2 Å². The molecule has 1 unspecified atom stereocenters. The first-order valence-electron chi connectivity index (χ1n) is 25.7. The Bertz CT molecular complexity index is 2090. The summed E-state index contributed by atoms with van der Waals surface area (Å²) in [6.07, 6.45) is -56.8. The number of aliphatic hydroxyl groups excluding tert-OH is 18. The number of hydrogen-bond acceptors (Lipinski definition) is 33. The SMILES string of the molecule is CC(=O)N[C@H]1[C@H](O[C@@H]2[C@@H](O[C@@H]3[C@H](O)[C@H](O[C@H]4[C@H](O)[C@@H](NC(C)=O)C(O)O[C@@H]4CO)O[C@H](CO)[C@H]3O)O[C@H](CO)[C@@H](O)[C@@H]2O)O[C@H](CO)[C@@H](O[C@@H]2O[C@H](CO)[C@H](O)[C@H](O[C@]3(C(=O)O)C[C@H](O)[C@@H](NC(C)=O)[C@H]([C@H](O)[C@H](O)CO)O3)[C@H]2O)[C@@H]1O. The normalized spacial score (nSPS) is 46.3. The fourth-order valence-corrected chi connectivity index (χ4v) is 10.4. The number of carbonyl (C=O) groups is 4. The van der Waals surface area contributed by atoms with E-state index in [9.17, 15) is 116 Å². The number of aliphatic carboxylic acids is 1. The lowest BCUT2D eigenvalue weighted by Gasteiger charge is -2.51. The Morgan fingerprint density at radius 3 is 1.39 bits per heavy atom. The molecule has 6 saturated heterocycles. The fourth-order valence-electron chi connectivity index (χ4n) is 10.4. The predicted molar refractivity (Wildman–Crippen MR) is 251 cm³/mol. The highest BCUT2D eigenvalue weighted by Crippen LogP contribution is 2.40. The smallest absolute Gasteiger partial charge is 0.364 e. The lowest BCUT2D eigenvalue weighted by atomic mass is 9.88. The van der Waals surface area contributed by atoms with E-state index in [0.29, 0.717) is 0 Å². The molecule has 0 aromatic rings.